The summed E-state index contributed by atoms with van der Waals surface area (Å²) in [4.78, 5) is 16.6. The van der Waals surface area contributed by atoms with Gasteiger partial charge in [0.2, 0.25) is 5.78 Å². The fourth-order valence-corrected chi connectivity index (χ4v) is 1.93. The normalized spacial score (nSPS) is 10.4. The Morgan fingerprint density at radius 3 is 2.89 bits per heavy atom. The van der Waals surface area contributed by atoms with Crippen LogP contribution in [0.15, 0.2) is 30.6 Å². The third kappa shape index (κ3) is 2.45. The lowest BCUT2D eigenvalue weighted by molar-refractivity contribution is 0.102. The summed E-state index contributed by atoms with van der Waals surface area (Å²) in [5, 5.41) is 0. The van der Waals surface area contributed by atoms with Crippen LogP contribution in [0.25, 0.3) is 0 Å². The Morgan fingerprint density at radius 1 is 1.42 bits per heavy atom. The number of nitrogens with two attached hydrogens (primary N) is 1. The van der Waals surface area contributed by atoms with E-state index in [0.29, 0.717) is 36.0 Å². The summed E-state index contributed by atoms with van der Waals surface area (Å²) in [7, 11) is 0. The summed E-state index contributed by atoms with van der Waals surface area (Å²) in [5.74, 6) is 0.650. The molecule has 0 fully saturated rings. The van der Waals surface area contributed by atoms with Crippen molar-refractivity contribution in [1.82, 2.24) is 9.55 Å². The van der Waals surface area contributed by atoms with Gasteiger partial charge in [-0.3, -0.25) is 4.79 Å². The van der Waals surface area contributed by atoms with Crippen molar-refractivity contribution in [1.29, 1.82) is 0 Å². The molecule has 0 spiro atoms. The lowest BCUT2D eigenvalue weighted by Gasteiger charge is -2.12. The summed E-state index contributed by atoms with van der Waals surface area (Å²) in [5.41, 5.74) is 6.77. The number of anilines is 1. The molecule has 2 N–H and O–H groups in total. The molecule has 100 valence electrons. The quantitative estimate of drug-likeness (QED) is 0.659. The van der Waals surface area contributed by atoms with Crippen molar-refractivity contribution >= 4 is 11.5 Å². The molecule has 0 unspecified atom stereocenters. The van der Waals surface area contributed by atoms with Crippen LogP contribution in [0, 0.1) is 0 Å². The smallest absolute Gasteiger partial charge is 0.232 e. The molecular formula is C14H17N3O2. The number of aryl methyl sites for hydroxylation is 1. The van der Waals surface area contributed by atoms with Gasteiger partial charge in [-0.15, -0.1) is 0 Å². The predicted molar refractivity (Wildman–Crippen MR) is 73.4 cm³/mol. The number of benzene rings is 1. The average Bonchev–Trinajstić information content (AvgIpc) is 2.89. The van der Waals surface area contributed by atoms with E-state index in [1.54, 1.807) is 35.2 Å². The van der Waals surface area contributed by atoms with Crippen molar-refractivity contribution in [3.05, 3.63) is 42.0 Å². The highest BCUT2D eigenvalue weighted by atomic mass is 16.5. The zero-order chi connectivity index (χ0) is 13.8. The monoisotopic (exact) mass is 259 g/mol. The number of carbonyl (C=O) groups is 1. The number of carbonyl (C=O) groups excluding carboxylic acids is 1. The highest BCUT2D eigenvalue weighted by molar-refractivity contribution is 6.09. The molecule has 19 heavy (non-hydrogen) atoms. The number of imidazole rings is 1. The minimum absolute atomic E-state index is 0.178. The Morgan fingerprint density at radius 2 is 2.21 bits per heavy atom. The molecule has 0 aliphatic carbocycles. The van der Waals surface area contributed by atoms with Gasteiger partial charge >= 0.3 is 0 Å². The topological polar surface area (TPSA) is 70.1 Å². The van der Waals surface area contributed by atoms with Gasteiger partial charge in [-0.05, 0) is 26.0 Å². The molecule has 1 aromatic heterocycles. The van der Waals surface area contributed by atoms with E-state index in [1.165, 1.54) is 0 Å². The van der Waals surface area contributed by atoms with Gasteiger partial charge in [-0.2, -0.15) is 0 Å². The van der Waals surface area contributed by atoms with E-state index in [0.717, 1.165) is 0 Å². The number of rotatable bonds is 5. The van der Waals surface area contributed by atoms with Crippen molar-refractivity contribution in [3.63, 3.8) is 0 Å². The summed E-state index contributed by atoms with van der Waals surface area (Å²) < 4.78 is 7.27. The summed E-state index contributed by atoms with van der Waals surface area (Å²) in [6.07, 6.45) is 3.39. The second-order valence-corrected chi connectivity index (χ2v) is 4.02. The summed E-state index contributed by atoms with van der Waals surface area (Å²) in [6, 6.07) is 5.16. The number of nitrogens with zero attached hydrogens (tertiary/aromatic N) is 2. The van der Waals surface area contributed by atoms with E-state index in [9.17, 15) is 4.79 Å². The third-order valence-electron chi connectivity index (χ3n) is 2.84. The molecule has 1 aromatic carbocycles. The number of hydrogen-bond acceptors (Lipinski definition) is 4. The van der Waals surface area contributed by atoms with Crippen molar-refractivity contribution in [3.8, 4) is 5.75 Å². The van der Waals surface area contributed by atoms with Gasteiger partial charge in [0, 0.05) is 18.9 Å². The van der Waals surface area contributed by atoms with Crippen molar-refractivity contribution in [2.24, 2.45) is 0 Å². The standard InChI is InChI=1S/C14H17N3O2/c1-3-17-9-8-16-14(17)12(18)10-6-5-7-11(15)13(10)19-4-2/h5-9H,3-4,15H2,1-2H3. The Kier molecular flexibility index (Phi) is 3.85. The van der Waals surface area contributed by atoms with Crippen LogP contribution in [0.5, 0.6) is 5.75 Å². The van der Waals surface area contributed by atoms with Crippen LogP contribution < -0.4 is 10.5 Å². The molecule has 5 heteroatoms. The number of nitrogen functional groups attached to an aromatic ring is 1. The van der Waals surface area contributed by atoms with Gasteiger partial charge in [0.25, 0.3) is 0 Å². The molecule has 2 rings (SSSR count). The first kappa shape index (κ1) is 13.1. The van der Waals surface area contributed by atoms with Gasteiger partial charge in [-0.1, -0.05) is 6.07 Å². The van der Waals surface area contributed by atoms with E-state index >= 15 is 0 Å². The first-order valence-corrected chi connectivity index (χ1v) is 6.26. The SMILES string of the molecule is CCOc1c(N)cccc1C(=O)c1nccn1CC. The van der Waals surface area contributed by atoms with Crippen molar-refractivity contribution in [2.75, 3.05) is 12.3 Å². The van der Waals surface area contributed by atoms with Crippen LogP contribution in [0.1, 0.15) is 30.0 Å². The minimum atomic E-state index is -0.178. The highest BCUT2D eigenvalue weighted by Gasteiger charge is 2.20. The van der Waals surface area contributed by atoms with E-state index in [2.05, 4.69) is 4.98 Å². The van der Waals surface area contributed by atoms with Crippen LogP contribution in [-0.2, 0) is 6.54 Å². The number of ether oxygens (including phenoxy) is 1. The molecule has 0 saturated carbocycles. The lowest BCUT2D eigenvalue weighted by Crippen LogP contribution is -2.13. The van der Waals surface area contributed by atoms with E-state index in [4.69, 9.17) is 10.5 Å². The maximum atomic E-state index is 12.5. The molecule has 0 aliphatic heterocycles. The molecule has 0 amide bonds. The van der Waals surface area contributed by atoms with E-state index in [1.807, 2.05) is 13.8 Å². The number of hydrogen-bond donors (Lipinski definition) is 1. The minimum Gasteiger partial charge on any atom is -0.491 e. The second-order valence-electron chi connectivity index (χ2n) is 4.02. The summed E-state index contributed by atoms with van der Waals surface area (Å²) >= 11 is 0. The van der Waals surface area contributed by atoms with Gasteiger partial charge in [0.15, 0.2) is 11.6 Å². The van der Waals surface area contributed by atoms with Crippen LogP contribution >= 0.6 is 0 Å². The maximum Gasteiger partial charge on any atom is 0.232 e. The first-order valence-electron chi connectivity index (χ1n) is 6.26. The Hall–Kier alpha value is -2.30. The highest BCUT2D eigenvalue weighted by Crippen LogP contribution is 2.28. The van der Waals surface area contributed by atoms with Crippen molar-refractivity contribution < 1.29 is 9.53 Å². The van der Waals surface area contributed by atoms with Crippen molar-refractivity contribution in [2.45, 2.75) is 20.4 Å². The molecule has 5 nitrogen and oxygen atoms in total. The van der Waals surface area contributed by atoms with Crippen LogP contribution in [0.2, 0.25) is 0 Å². The Bertz CT molecular complexity index is 590. The van der Waals surface area contributed by atoms with Gasteiger partial charge in [0.1, 0.15) is 0 Å². The van der Waals surface area contributed by atoms with Crippen LogP contribution in [-0.4, -0.2) is 21.9 Å². The van der Waals surface area contributed by atoms with Gasteiger partial charge in [0.05, 0.1) is 17.9 Å². The summed E-state index contributed by atoms with van der Waals surface area (Å²) in [6.45, 7) is 4.96. The lowest BCUT2D eigenvalue weighted by atomic mass is 10.1. The fourth-order valence-electron chi connectivity index (χ4n) is 1.93. The average molecular weight is 259 g/mol. The maximum absolute atomic E-state index is 12.5. The van der Waals surface area contributed by atoms with E-state index in [-0.39, 0.29) is 5.78 Å². The largest absolute Gasteiger partial charge is 0.491 e. The third-order valence-corrected chi connectivity index (χ3v) is 2.84. The Balaban J connectivity index is 2.47. The molecule has 0 saturated heterocycles. The van der Waals surface area contributed by atoms with Crippen LogP contribution in [0.3, 0.4) is 0 Å². The van der Waals surface area contributed by atoms with E-state index < -0.39 is 0 Å². The molecule has 0 aliphatic rings. The molecular weight excluding hydrogens is 242 g/mol. The molecule has 0 bridgehead atoms. The zero-order valence-electron chi connectivity index (χ0n) is 11.1. The number of para-hydroxylation sites is 1. The number of ketones is 1. The fraction of sp³-hybridized carbons (Fsp3) is 0.286. The van der Waals surface area contributed by atoms with Crippen LogP contribution in [0.4, 0.5) is 5.69 Å². The first-order chi connectivity index (χ1) is 9.19. The predicted octanol–water partition coefficient (Wildman–Crippen LogP) is 2.11. The zero-order valence-corrected chi connectivity index (χ0v) is 11.1. The molecule has 0 atom stereocenters. The van der Waals surface area contributed by atoms with Gasteiger partial charge in [-0.25, -0.2) is 4.98 Å². The molecule has 1 heterocycles. The second kappa shape index (κ2) is 5.56. The molecule has 0 radical (unpaired) electrons. The molecule has 2 aromatic rings. The number of aromatic nitrogens is 2. The Labute approximate surface area is 112 Å². The van der Waals surface area contributed by atoms with Gasteiger partial charge < -0.3 is 15.0 Å².